The summed E-state index contributed by atoms with van der Waals surface area (Å²) >= 11 is 18.3. The summed E-state index contributed by atoms with van der Waals surface area (Å²) < 4.78 is 172. The van der Waals surface area contributed by atoms with E-state index in [1.807, 2.05) is 0 Å². The van der Waals surface area contributed by atoms with Crippen molar-refractivity contribution in [3.8, 4) is 0 Å². The summed E-state index contributed by atoms with van der Waals surface area (Å²) in [6.45, 7) is 0. The van der Waals surface area contributed by atoms with Crippen LogP contribution in [0.1, 0.15) is 38.5 Å². The standard InChI is InChI=1S/C30H15Cl3F13NO3/c31-17-4-3-13(47-25(50)23-22(26(23,32)33)11-1-6-19(35)16(7-11)28(39,40)41)9-14(17)20(48)8-12-2-5-18(34)15(24(12)36)10-21(49)27(37,38)29(42,43)30(44,45)46/h1-7,9,22-23H,8,10H2,(H,47,50)/t22-,23+/m0/s1. The predicted octanol–water partition coefficient (Wildman–Crippen LogP) is 9.67. The normalized spacial score (nSPS) is 17.8. The Morgan fingerprint density at radius 2 is 1.38 bits per heavy atom. The van der Waals surface area contributed by atoms with E-state index in [0.717, 1.165) is 24.3 Å². The van der Waals surface area contributed by atoms with Crippen molar-refractivity contribution >= 4 is 58.0 Å². The van der Waals surface area contributed by atoms with Crippen LogP contribution in [0, 0.1) is 23.4 Å². The van der Waals surface area contributed by atoms with Gasteiger partial charge in [-0.2, -0.15) is 43.9 Å². The minimum absolute atomic E-state index is 0.202. The topological polar surface area (TPSA) is 63.2 Å². The highest BCUT2D eigenvalue weighted by Crippen LogP contribution is 2.65. The van der Waals surface area contributed by atoms with Gasteiger partial charge in [-0.1, -0.05) is 23.7 Å². The summed E-state index contributed by atoms with van der Waals surface area (Å²) in [6, 6.07) is 5.93. The molecule has 4 rings (SSSR count). The number of nitrogens with one attached hydrogen (secondary N) is 1. The van der Waals surface area contributed by atoms with Gasteiger partial charge in [0.1, 0.15) is 21.8 Å². The first-order chi connectivity index (χ1) is 22.7. The molecule has 270 valence electrons. The maximum atomic E-state index is 15.1. The maximum Gasteiger partial charge on any atom is 0.460 e. The lowest BCUT2D eigenvalue weighted by Gasteiger charge is -2.27. The molecule has 0 aliphatic heterocycles. The van der Waals surface area contributed by atoms with Gasteiger partial charge in [-0.3, -0.25) is 14.4 Å². The number of hydrogen-bond acceptors (Lipinski definition) is 3. The molecule has 0 radical (unpaired) electrons. The number of alkyl halides is 12. The molecule has 1 aliphatic carbocycles. The smallest absolute Gasteiger partial charge is 0.326 e. The highest BCUT2D eigenvalue weighted by molar-refractivity contribution is 6.53. The van der Waals surface area contributed by atoms with E-state index < -0.39 is 110 Å². The van der Waals surface area contributed by atoms with Crippen molar-refractivity contribution in [1.82, 2.24) is 0 Å². The highest BCUT2D eigenvalue weighted by atomic mass is 35.5. The molecule has 2 atom stereocenters. The summed E-state index contributed by atoms with van der Waals surface area (Å²) in [5, 5.41) is 1.97. The fourth-order valence-electron chi connectivity index (χ4n) is 4.90. The van der Waals surface area contributed by atoms with Gasteiger partial charge in [0.25, 0.3) is 0 Å². The number of Topliss-reactive ketones (excluding diaryl/α,β-unsaturated/α-hetero) is 2. The van der Waals surface area contributed by atoms with Gasteiger partial charge in [-0.25, -0.2) is 13.2 Å². The van der Waals surface area contributed by atoms with Crippen LogP contribution in [0.15, 0.2) is 48.5 Å². The second-order valence-electron chi connectivity index (χ2n) is 10.9. The van der Waals surface area contributed by atoms with Gasteiger partial charge in [0.15, 0.2) is 5.78 Å². The van der Waals surface area contributed by atoms with Crippen LogP contribution in [0.2, 0.25) is 5.02 Å². The van der Waals surface area contributed by atoms with Crippen molar-refractivity contribution < 1.29 is 71.5 Å². The van der Waals surface area contributed by atoms with Crippen molar-refractivity contribution in [2.45, 2.75) is 47.3 Å². The Balaban J connectivity index is 1.53. The molecule has 0 spiro atoms. The zero-order chi connectivity index (χ0) is 37.9. The van der Waals surface area contributed by atoms with E-state index >= 15 is 4.39 Å². The van der Waals surface area contributed by atoms with Crippen LogP contribution in [-0.4, -0.2) is 39.8 Å². The second-order valence-corrected chi connectivity index (χ2v) is 12.7. The van der Waals surface area contributed by atoms with Crippen LogP contribution in [0.3, 0.4) is 0 Å². The third-order valence-electron chi connectivity index (χ3n) is 7.58. The van der Waals surface area contributed by atoms with Crippen molar-refractivity contribution in [2.75, 3.05) is 5.32 Å². The number of amides is 1. The Bertz CT molecular complexity index is 1880. The summed E-state index contributed by atoms with van der Waals surface area (Å²) in [4.78, 5) is 37.8. The Labute approximate surface area is 286 Å². The summed E-state index contributed by atoms with van der Waals surface area (Å²) in [5.74, 6) is -26.5. The number of hydrogen-bond donors (Lipinski definition) is 1. The molecule has 0 heterocycles. The molecule has 3 aromatic carbocycles. The lowest BCUT2D eigenvalue weighted by atomic mass is 9.95. The number of carbonyl (C=O) groups excluding carboxylic acids is 3. The van der Waals surface area contributed by atoms with E-state index in [1.54, 1.807) is 0 Å². The number of halogens is 16. The molecule has 0 bridgehead atoms. The number of carbonyl (C=O) groups is 3. The van der Waals surface area contributed by atoms with Crippen LogP contribution in [0.5, 0.6) is 0 Å². The molecule has 1 amide bonds. The summed E-state index contributed by atoms with van der Waals surface area (Å²) in [7, 11) is 0. The van der Waals surface area contributed by atoms with Gasteiger partial charge in [0.2, 0.25) is 11.7 Å². The average Bonchev–Trinajstić information content (AvgIpc) is 3.57. The molecule has 3 aromatic rings. The number of ketones is 2. The van der Waals surface area contributed by atoms with E-state index in [0.29, 0.717) is 24.3 Å². The van der Waals surface area contributed by atoms with E-state index in [2.05, 4.69) is 5.32 Å². The number of anilines is 1. The molecule has 20 heteroatoms. The SMILES string of the molecule is O=C(Cc1ccc(F)c(CC(=O)C(F)(F)C(F)(F)C(F)(F)F)c1F)c1cc(NC(=O)[C@H]2[C@H](c3ccc(F)c(C(F)(F)F)c3)C2(Cl)Cl)ccc1Cl. The third kappa shape index (κ3) is 7.26. The van der Waals surface area contributed by atoms with E-state index in [1.165, 1.54) is 0 Å². The average molecular weight is 791 g/mol. The predicted molar refractivity (Wildman–Crippen MR) is 151 cm³/mol. The van der Waals surface area contributed by atoms with Crippen LogP contribution in [-0.2, 0) is 28.6 Å². The largest absolute Gasteiger partial charge is 0.460 e. The van der Waals surface area contributed by atoms with Crippen molar-refractivity contribution in [3.05, 3.63) is 98.8 Å². The molecule has 1 N–H and O–H groups in total. The quantitative estimate of drug-likeness (QED) is 0.127. The Hall–Kier alpha value is -3.57. The highest BCUT2D eigenvalue weighted by Gasteiger charge is 2.75. The summed E-state index contributed by atoms with van der Waals surface area (Å²) in [5.41, 5.74) is -5.00. The lowest BCUT2D eigenvalue weighted by molar-refractivity contribution is -0.343. The molecule has 0 unspecified atom stereocenters. The Morgan fingerprint density at radius 3 is 1.96 bits per heavy atom. The van der Waals surface area contributed by atoms with E-state index in [4.69, 9.17) is 34.8 Å². The fraction of sp³-hybridized carbons (Fsp3) is 0.300. The number of rotatable bonds is 10. The molecule has 1 saturated carbocycles. The van der Waals surface area contributed by atoms with Crippen LogP contribution < -0.4 is 5.32 Å². The molecule has 1 fully saturated rings. The lowest BCUT2D eigenvalue weighted by Crippen LogP contribution is -2.56. The van der Waals surface area contributed by atoms with Gasteiger partial charge in [0.05, 0.1) is 16.5 Å². The monoisotopic (exact) mass is 789 g/mol. The van der Waals surface area contributed by atoms with Crippen molar-refractivity contribution in [1.29, 1.82) is 0 Å². The molecule has 1 aliphatic rings. The van der Waals surface area contributed by atoms with Gasteiger partial charge in [-0.05, 0) is 47.5 Å². The zero-order valence-corrected chi connectivity index (χ0v) is 26.2. The van der Waals surface area contributed by atoms with E-state index in [-0.39, 0.29) is 16.3 Å². The van der Waals surface area contributed by atoms with Gasteiger partial charge in [0, 0.05) is 35.6 Å². The summed E-state index contributed by atoms with van der Waals surface area (Å²) in [6.07, 6.45) is -15.3. The van der Waals surface area contributed by atoms with Crippen molar-refractivity contribution in [2.24, 2.45) is 5.92 Å². The minimum Gasteiger partial charge on any atom is -0.326 e. The van der Waals surface area contributed by atoms with Crippen LogP contribution in [0.25, 0.3) is 0 Å². The molecule has 0 aromatic heterocycles. The first-order valence-electron chi connectivity index (χ1n) is 13.4. The molecular formula is C30H15Cl3F13NO3. The van der Waals surface area contributed by atoms with Gasteiger partial charge >= 0.3 is 24.2 Å². The number of benzene rings is 3. The van der Waals surface area contributed by atoms with Gasteiger partial charge < -0.3 is 5.32 Å². The molecular weight excluding hydrogens is 776 g/mol. The second kappa shape index (κ2) is 13.2. The first-order valence-corrected chi connectivity index (χ1v) is 14.6. The van der Waals surface area contributed by atoms with E-state index in [9.17, 15) is 67.1 Å². The third-order valence-corrected chi connectivity index (χ3v) is 8.85. The van der Waals surface area contributed by atoms with Crippen molar-refractivity contribution in [3.63, 3.8) is 0 Å². The minimum atomic E-state index is -6.90. The first kappa shape index (κ1) is 39.2. The van der Waals surface area contributed by atoms with Gasteiger partial charge in [-0.15, -0.1) is 23.2 Å². The maximum absolute atomic E-state index is 15.1. The zero-order valence-electron chi connectivity index (χ0n) is 24.0. The Morgan fingerprint density at radius 1 is 0.780 bits per heavy atom. The molecule has 0 saturated heterocycles. The Kier molecular flexibility index (Phi) is 10.4. The molecule has 50 heavy (non-hydrogen) atoms. The van der Waals surface area contributed by atoms with Crippen LogP contribution >= 0.6 is 34.8 Å². The van der Waals surface area contributed by atoms with Crippen LogP contribution in [0.4, 0.5) is 62.8 Å². The fourth-order valence-corrected chi connectivity index (χ4v) is 5.95. The molecule has 4 nitrogen and oxygen atoms in total.